The first kappa shape index (κ1) is 21.0. The van der Waals surface area contributed by atoms with Crippen molar-refractivity contribution in [2.24, 2.45) is 4.99 Å². The summed E-state index contributed by atoms with van der Waals surface area (Å²) in [7, 11) is -2.88. The van der Waals surface area contributed by atoms with Crippen LogP contribution in [-0.2, 0) is 16.4 Å². The molecule has 26 heavy (non-hydrogen) atoms. The van der Waals surface area contributed by atoms with Crippen LogP contribution >= 0.6 is 24.0 Å². The van der Waals surface area contributed by atoms with Gasteiger partial charge < -0.3 is 15.2 Å². The number of para-hydroxylation sites is 1. The van der Waals surface area contributed by atoms with E-state index >= 15 is 0 Å². The molecular formula is C18H27IN4O2S. The van der Waals surface area contributed by atoms with E-state index < -0.39 is 9.84 Å². The fourth-order valence-electron chi connectivity index (χ4n) is 3.19. The lowest BCUT2D eigenvalue weighted by molar-refractivity contribution is 0.599. The number of hydrogen-bond donors (Lipinski definition) is 2. The van der Waals surface area contributed by atoms with Gasteiger partial charge in [-0.3, -0.25) is 4.99 Å². The minimum atomic E-state index is -2.88. The summed E-state index contributed by atoms with van der Waals surface area (Å²) in [6.07, 6.45) is 3.70. The molecule has 6 nitrogen and oxygen atoms in total. The Morgan fingerprint density at radius 2 is 2.12 bits per heavy atom. The highest BCUT2D eigenvalue weighted by molar-refractivity contribution is 14.0. The summed E-state index contributed by atoms with van der Waals surface area (Å²) in [6.45, 7) is 4.37. The van der Waals surface area contributed by atoms with Gasteiger partial charge in [0.05, 0.1) is 11.5 Å². The van der Waals surface area contributed by atoms with Gasteiger partial charge in [0.1, 0.15) is 0 Å². The molecule has 1 atom stereocenters. The van der Waals surface area contributed by atoms with Crippen LogP contribution < -0.4 is 10.6 Å². The Morgan fingerprint density at radius 3 is 2.85 bits per heavy atom. The number of hydrogen-bond acceptors (Lipinski definition) is 3. The number of fused-ring (bicyclic) bond motifs is 1. The monoisotopic (exact) mass is 490 g/mol. The molecule has 1 saturated heterocycles. The highest BCUT2D eigenvalue weighted by Crippen LogP contribution is 2.15. The predicted octanol–water partition coefficient (Wildman–Crippen LogP) is 2.39. The molecule has 1 aromatic carbocycles. The van der Waals surface area contributed by atoms with E-state index in [9.17, 15) is 8.42 Å². The van der Waals surface area contributed by atoms with Crippen molar-refractivity contribution in [2.45, 2.75) is 32.4 Å². The molecule has 0 radical (unpaired) electrons. The third-order valence-electron chi connectivity index (χ3n) is 4.42. The van der Waals surface area contributed by atoms with Gasteiger partial charge in [-0.2, -0.15) is 0 Å². The summed E-state index contributed by atoms with van der Waals surface area (Å²) in [5, 5.41) is 7.70. The van der Waals surface area contributed by atoms with Crippen LogP contribution in [0.15, 0.2) is 41.5 Å². The SMILES string of the molecule is CCNC(=NCCCn1ccc2ccccc21)NC1CCS(=O)(=O)C1.I. The molecule has 8 heteroatoms. The number of aliphatic imine (C=N–C) groups is 1. The second-order valence-corrected chi connectivity index (χ2v) is 8.66. The van der Waals surface area contributed by atoms with E-state index in [0.29, 0.717) is 18.9 Å². The van der Waals surface area contributed by atoms with Crippen LogP contribution in [0.3, 0.4) is 0 Å². The van der Waals surface area contributed by atoms with Gasteiger partial charge in [0, 0.05) is 37.4 Å². The zero-order valence-electron chi connectivity index (χ0n) is 15.0. The van der Waals surface area contributed by atoms with Crippen molar-refractivity contribution in [1.82, 2.24) is 15.2 Å². The van der Waals surface area contributed by atoms with Crippen molar-refractivity contribution < 1.29 is 8.42 Å². The zero-order chi connectivity index (χ0) is 17.7. The van der Waals surface area contributed by atoms with Crippen LogP contribution in [-0.4, -0.2) is 49.6 Å². The Labute approximate surface area is 172 Å². The lowest BCUT2D eigenvalue weighted by Crippen LogP contribution is -2.44. The van der Waals surface area contributed by atoms with Crippen molar-refractivity contribution in [3.8, 4) is 0 Å². The van der Waals surface area contributed by atoms with E-state index in [1.54, 1.807) is 0 Å². The number of nitrogens with one attached hydrogen (secondary N) is 2. The molecule has 1 fully saturated rings. The van der Waals surface area contributed by atoms with Crippen LogP contribution in [0.1, 0.15) is 19.8 Å². The minimum Gasteiger partial charge on any atom is -0.357 e. The van der Waals surface area contributed by atoms with Crippen molar-refractivity contribution in [2.75, 3.05) is 24.6 Å². The Morgan fingerprint density at radius 1 is 1.31 bits per heavy atom. The maximum atomic E-state index is 11.6. The Balaban J connectivity index is 0.00000243. The van der Waals surface area contributed by atoms with Gasteiger partial charge in [0.2, 0.25) is 0 Å². The second-order valence-electron chi connectivity index (χ2n) is 6.43. The molecule has 0 bridgehead atoms. The largest absolute Gasteiger partial charge is 0.357 e. The first-order valence-corrected chi connectivity index (χ1v) is 10.7. The molecule has 1 unspecified atom stereocenters. The van der Waals surface area contributed by atoms with E-state index in [1.165, 1.54) is 10.9 Å². The number of rotatable bonds is 6. The molecule has 0 saturated carbocycles. The van der Waals surface area contributed by atoms with E-state index in [2.05, 4.69) is 56.7 Å². The van der Waals surface area contributed by atoms with Crippen molar-refractivity contribution >= 4 is 50.7 Å². The molecule has 0 aliphatic carbocycles. The van der Waals surface area contributed by atoms with E-state index in [0.717, 1.165) is 19.5 Å². The molecule has 3 rings (SSSR count). The molecule has 2 N–H and O–H groups in total. The molecule has 0 spiro atoms. The molecule has 2 heterocycles. The fourth-order valence-corrected chi connectivity index (χ4v) is 4.86. The summed E-state index contributed by atoms with van der Waals surface area (Å²) in [5.41, 5.74) is 1.24. The first-order chi connectivity index (χ1) is 12.1. The number of guanidine groups is 1. The van der Waals surface area contributed by atoms with Gasteiger partial charge >= 0.3 is 0 Å². The fraction of sp³-hybridized carbons (Fsp3) is 0.500. The smallest absolute Gasteiger partial charge is 0.191 e. The normalized spacial score (nSPS) is 19.3. The third kappa shape index (κ3) is 5.60. The Hall–Kier alpha value is -1.29. The van der Waals surface area contributed by atoms with Gasteiger partial charge in [0.15, 0.2) is 15.8 Å². The van der Waals surface area contributed by atoms with Crippen molar-refractivity contribution in [3.05, 3.63) is 36.5 Å². The minimum absolute atomic E-state index is 0. The molecule has 1 aromatic heterocycles. The highest BCUT2D eigenvalue weighted by Gasteiger charge is 2.28. The van der Waals surface area contributed by atoms with Crippen LogP contribution in [0.2, 0.25) is 0 Å². The predicted molar refractivity (Wildman–Crippen MR) is 118 cm³/mol. The average Bonchev–Trinajstić information content (AvgIpc) is 3.15. The lowest BCUT2D eigenvalue weighted by atomic mass is 10.2. The molecule has 0 amide bonds. The quantitative estimate of drug-likeness (QED) is 0.282. The van der Waals surface area contributed by atoms with E-state index in [4.69, 9.17) is 0 Å². The maximum Gasteiger partial charge on any atom is 0.191 e. The average molecular weight is 490 g/mol. The summed E-state index contributed by atoms with van der Waals surface area (Å²) >= 11 is 0. The van der Waals surface area contributed by atoms with E-state index in [-0.39, 0.29) is 41.5 Å². The third-order valence-corrected chi connectivity index (χ3v) is 6.19. The van der Waals surface area contributed by atoms with Gasteiger partial charge in [-0.05, 0) is 37.3 Å². The van der Waals surface area contributed by atoms with Crippen LogP contribution in [0.5, 0.6) is 0 Å². The van der Waals surface area contributed by atoms with Crippen molar-refractivity contribution in [3.63, 3.8) is 0 Å². The molecule has 144 valence electrons. The summed E-state index contributed by atoms with van der Waals surface area (Å²) in [5.74, 6) is 1.18. The topological polar surface area (TPSA) is 75.5 Å². The van der Waals surface area contributed by atoms with Crippen molar-refractivity contribution in [1.29, 1.82) is 0 Å². The second kappa shape index (κ2) is 9.59. The van der Waals surface area contributed by atoms with Gasteiger partial charge in [-0.1, -0.05) is 18.2 Å². The maximum absolute atomic E-state index is 11.6. The molecule has 1 aliphatic heterocycles. The van der Waals surface area contributed by atoms with Gasteiger partial charge in [0.25, 0.3) is 0 Å². The van der Waals surface area contributed by atoms with Gasteiger partial charge in [-0.25, -0.2) is 8.42 Å². The lowest BCUT2D eigenvalue weighted by Gasteiger charge is -2.15. The standard InChI is InChI=1S/C18H26N4O2S.HI/c1-2-19-18(21-16-9-13-25(23,24)14-16)20-10-5-11-22-12-8-15-6-3-4-7-17(15)22;/h3-4,6-8,12,16H,2,5,9-11,13-14H2,1H3,(H2,19,20,21);1H. The number of halogens is 1. The molecular weight excluding hydrogens is 463 g/mol. The Kier molecular flexibility index (Phi) is 7.75. The number of sulfone groups is 1. The van der Waals surface area contributed by atoms with E-state index in [1.807, 2.05) is 6.92 Å². The number of nitrogens with zero attached hydrogens (tertiary/aromatic N) is 2. The number of benzene rings is 1. The molecule has 2 aromatic rings. The van der Waals surface area contributed by atoms with Gasteiger partial charge in [-0.15, -0.1) is 24.0 Å². The molecule has 1 aliphatic rings. The number of aromatic nitrogens is 1. The zero-order valence-corrected chi connectivity index (χ0v) is 18.2. The Bertz CT molecular complexity index is 848. The van der Waals surface area contributed by atoms with Crippen LogP contribution in [0.4, 0.5) is 0 Å². The number of aryl methyl sites for hydroxylation is 1. The summed E-state index contributed by atoms with van der Waals surface area (Å²) < 4.78 is 25.4. The van der Waals surface area contributed by atoms with Crippen LogP contribution in [0.25, 0.3) is 10.9 Å². The van der Waals surface area contributed by atoms with Crippen LogP contribution in [0, 0.1) is 0 Å². The summed E-state index contributed by atoms with van der Waals surface area (Å²) in [6, 6.07) is 10.5. The summed E-state index contributed by atoms with van der Waals surface area (Å²) in [4.78, 5) is 4.59. The highest BCUT2D eigenvalue weighted by atomic mass is 127. The first-order valence-electron chi connectivity index (χ1n) is 8.86.